The van der Waals surface area contributed by atoms with Crippen molar-refractivity contribution in [3.05, 3.63) is 199 Å². The molecule has 0 aliphatic carbocycles. The molecule has 4 N–H and O–H groups in total. The molecule has 11 rings (SSSR count). The molecule has 3 aromatic carbocycles. The van der Waals surface area contributed by atoms with E-state index in [1.165, 1.54) is 16.6 Å². The van der Waals surface area contributed by atoms with Gasteiger partial charge in [0.2, 0.25) is 0 Å². The number of ether oxygens (including phenoxy) is 1. The van der Waals surface area contributed by atoms with Crippen LogP contribution in [0.25, 0.3) is 32.7 Å². The van der Waals surface area contributed by atoms with Crippen LogP contribution in [-0.4, -0.2) is 76.8 Å². The van der Waals surface area contributed by atoms with Crippen molar-refractivity contribution in [3.8, 4) is 34.3 Å². The van der Waals surface area contributed by atoms with Crippen molar-refractivity contribution < 1.29 is 4.74 Å². The van der Waals surface area contributed by atoms with E-state index in [4.69, 9.17) is 33.2 Å². The van der Waals surface area contributed by atoms with Crippen LogP contribution in [-0.2, 0) is 14.1 Å². The summed E-state index contributed by atoms with van der Waals surface area (Å²) in [5.41, 5.74) is 15.9. The first-order chi connectivity index (χ1) is 37.1. The van der Waals surface area contributed by atoms with Gasteiger partial charge in [-0.15, -0.1) is 11.3 Å². The highest BCUT2D eigenvalue weighted by molar-refractivity contribution is 9.11. The van der Waals surface area contributed by atoms with Crippen LogP contribution in [0.1, 0.15) is 62.4 Å². The van der Waals surface area contributed by atoms with Gasteiger partial charge in [0.1, 0.15) is 17.3 Å². The number of halogens is 5. The van der Waals surface area contributed by atoms with E-state index in [1.54, 1.807) is 35.4 Å². The van der Waals surface area contributed by atoms with Gasteiger partial charge in [0.15, 0.2) is 0 Å². The number of methoxy groups -OCH3 is 1. The largest absolute Gasteiger partial charge is 0.497 e. The number of aryl methyl sites for hydroxylation is 9. The van der Waals surface area contributed by atoms with Gasteiger partial charge in [-0.2, -0.15) is 35.9 Å². The van der Waals surface area contributed by atoms with E-state index in [0.29, 0.717) is 15.6 Å². The first kappa shape index (κ1) is 62.0. The predicted octanol–water partition coefficient (Wildman–Crippen LogP) is 14.5. The van der Waals surface area contributed by atoms with E-state index in [0.717, 1.165) is 98.3 Å². The van der Waals surface area contributed by atoms with E-state index in [9.17, 15) is 4.79 Å². The number of H-pyrrole nitrogens is 4. The molecule has 0 atom stereocenters. The molecule has 0 saturated heterocycles. The van der Waals surface area contributed by atoms with Gasteiger partial charge < -0.3 is 4.74 Å². The number of thiophene rings is 1. The lowest BCUT2D eigenvalue weighted by atomic mass is 10.1. The molecule has 0 spiro atoms. The number of para-hydroxylation sites is 1. The Morgan fingerprint density at radius 3 is 1.69 bits per heavy atom. The van der Waals surface area contributed by atoms with Gasteiger partial charge in [-0.25, -0.2) is 9.36 Å². The monoisotopic (exact) mass is 1300 g/mol. The third kappa shape index (κ3) is 16.6. The van der Waals surface area contributed by atoms with Crippen molar-refractivity contribution in [1.29, 1.82) is 5.26 Å². The normalized spacial score (nSPS) is 10.2. The van der Waals surface area contributed by atoms with Crippen LogP contribution in [0.5, 0.6) is 5.75 Å². The van der Waals surface area contributed by atoms with E-state index in [2.05, 4.69) is 98.8 Å². The first-order valence-corrected chi connectivity index (χ1v) is 27.8. The molecule has 408 valence electrons. The lowest BCUT2D eigenvalue weighted by Crippen LogP contribution is -2.15. The molecule has 11 aromatic rings. The lowest BCUT2D eigenvalue weighted by Gasteiger charge is -2.05. The topological polar surface area (TPSA) is 210 Å². The minimum Gasteiger partial charge on any atom is -0.497 e. The highest BCUT2D eigenvalue weighted by Gasteiger charge is 2.12. The Labute approximate surface area is 492 Å². The van der Waals surface area contributed by atoms with Crippen LogP contribution < -0.4 is 10.3 Å². The number of hydrogen-bond donors (Lipinski definition) is 4. The van der Waals surface area contributed by atoms with Crippen molar-refractivity contribution in [3.63, 3.8) is 0 Å². The number of nitrogens with one attached hydrogen (secondary N) is 4. The number of aromatic amines is 4. The second-order valence-corrected chi connectivity index (χ2v) is 21.5. The van der Waals surface area contributed by atoms with Gasteiger partial charge in [-0.05, 0) is 177 Å². The Bertz CT molecular complexity index is 3650. The molecule has 0 saturated carbocycles. The zero-order valence-electron chi connectivity index (χ0n) is 45.3. The van der Waals surface area contributed by atoms with Gasteiger partial charge in [0, 0.05) is 69.4 Å². The molecule has 23 heteroatoms. The summed E-state index contributed by atoms with van der Waals surface area (Å²) in [6.07, 6.45) is 5.13. The van der Waals surface area contributed by atoms with E-state index in [-0.39, 0.29) is 5.56 Å². The summed E-state index contributed by atoms with van der Waals surface area (Å²) in [5, 5.41) is 47.3. The molecule has 78 heavy (non-hydrogen) atoms. The highest BCUT2D eigenvalue weighted by Crippen LogP contribution is 2.29. The maximum absolute atomic E-state index is 11.7. The number of hydrogen-bond acceptors (Lipinski definition) is 10. The van der Waals surface area contributed by atoms with E-state index >= 15 is 0 Å². The standard InChI is InChI=1S/C12H8Cl2N2S.2C11H12N2O.C6H9BrN2.2C5H7BrN2.C5H5N3/c1-7-12-11(2-3-17-12)15-16(7)10-5-8(13)4-9(14)6-10;1-8-11(7-12-13-8)9-3-5-10(14-2)6-4-9;1-8-9(2)12-13(11(8)14)10-6-4-3-5-7-10;1-4-6(7)5(2)9(3)8-4;1-4-5(6)3-7-8(4)2;1-3-5(6)4(2)8-7-3;1-4-5(2-6)3-7-8-4/h2-6H,1H3;3-7H,1-2H3,(H,12,13);3-7,12H,1-2H3;1-3H3;3H,1-2H3;1-2H3,(H,7,8);3H,1H3,(H,7,8). The Balaban J connectivity index is 0.000000171. The van der Waals surface area contributed by atoms with E-state index in [1.807, 2.05) is 188 Å². The number of nitrogens with zero attached hydrogens (tertiary/aromatic N) is 11. The van der Waals surface area contributed by atoms with Crippen molar-refractivity contribution >= 4 is 92.5 Å². The summed E-state index contributed by atoms with van der Waals surface area (Å²) < 4.78 is 16.7. The minimum absolute atomic E-state index is 0.0219. The molecule has 0 unspecified atom stereocenters. The number of nitriles is 1. The number of benzene rings is 3. The molecule has 0 aliphatic rings. The van der Waals surface area contributed by atoms with Crippen molar-refractivity contribution in [2.75, 3.05) is 7.11 Å². The summed E-state index contributed by atoms with van der Waals surface area (Å²) in [6, 6.07) is 26.9. The molecule has 0 bridgehead atoms. The molecule has 8 heterocycles. The quantitative estimate of drug-likeness (QED) is 0.132. The summed E-state index contributed by atoms with van der Waals surface area (Å²) in [6.45, 7) is 19.5. The summed E-state index contributed by atoms with van der Waals surface area (Å²) in [4.78, 5) is 11.7. The fraction of sp³-hybridized carbons (Fsp3) is 0.236. The van der Waals surface area contributed by atoms with Gasteiger partial charge in [0.05, 0.1) is 77.8 Å². The number of rotatable bonds is 4. The second kappa shape index (κ2) is 29.3. The zero-order valence-corrected chi connectivity index (χ0v) is 52.4. The van der Waals surface area contributed by atoms with Gasteiger partial charge in [0.25, 0.3) is 5.56 Å². The maximum Gasteiger partial charge on any atom is 0.274 e. The second-order valence-electron chi connectivity index (χ2n) is 17.3. The summed E-state index contributed by atoms with van der Waals surface area (Å²) in [5.74, 6) is 0.870. The van der Waals surface area contributed by atoms with Crippen LogP contribution in [0.15, 0.2) is 121 Å². The molecule has 0 aliphatic heterocycles. The Morgan fingerprint density at radius 2 is 1.31 bits per heavy atom. The molecule has 17 nitrogen and oxygen atoms in total. The third-order valence-electron chi connectivity index (χ3n) is 11.8. The Hall–Kier alpha value is -6.80. The van der Waals surface area contributed by atoms with E-state index < -0.39 is 0 Å². The van der Waals surface area contributed by atoms with Gasteiger partial charge in [-0.3, -0.25) is 34.6 Å². The fourth-order valence-corrected chi connectivity index (χ4v) is 9.06. The van der Waals surface area contributed by atoms with Crippen LogP contribution in [0, 0.1) is 80.6 Å². The zero-order chi connectivity index (χ0) is 57.4. The molecular weight excluding hydrogens is 1250 g/mol. The molecule has 8 aromatic heterocycles. The minimum atomic E-state index is 0.0219. The van der Waals surface area contributed by atoms with Gasteiger partial charge in [-0.1, -0.05) is 53.5 Å². The average Bonchev–Trinajstić information content (AvgIpc) is 4.39. The number of fused-ring (bicyclic) bond motifs is 1. The number of aromatic nitrogens is 14. The molecule has 0 amide bonds. The van der Waals surface area contributed by atoms with Crippen molar-refractivity contribution in [2.24, 2.45) is 14.1 Å². The maximum atomic E-state index is 11.7. The Kier molecular flexibility index (Phi) is 23.3. The molecular formula is C55H60Br3Cl2N15O2S. The Morgan fingerprint density at radius 1 is 0.667 bits per heavy atom. The first-order valence-electron chi connectivity index (χ1n) is 23.8. The van der Waals surface area contributed by atoms with Crippen LogP contribution in [0.2, 0.25) is 10.0 Å². The molecule has 0 radical (unpaired) electrons. The van der Waals surface area contributed by atoms with Crippen molar-refractivity contribution in [2.45, 2.75) is 69.2 Å². The van der Waals surface area contributed by atoms with Crippen LogP contribution >= 0.6 is 82.3 Å². The molecule has 0 fully saturated rings. The van der Waals surface area contributed by atoms with Crippen LogP contribution in [0.3, 0.4) is 0 Å². The van der Waals surface area contributed by atoms with Crippen molar-refractivity contribution in [1.82, 2.24) is 69.7 Å². The SMILES string of the molecule is COc1ccc(-c2cn[nH]c2C)cc1.Cc1[nH]n(-c2ccccc2)c(=O)c1C.Cc1[nH]ncc1C#N.Cc1c(Br)cnn1C.Cc1c2sccc2nn1-c1cc(Cl)cc(Cl)c1.Cc1n[nH]c(C)c1Br.Cc1nn(C)c(C)c1Br. The predicted molar refractivity (Wildman–Crippen MR) is 325 cm³/mol. The van der Waals surface area contributed by atoms with Crippen LogP contribution in [0.4, 0.5) is 0 Å². The highest BCUT2D eigenvalue weighted by atomic mass is 79.9. The average molecular weight is 1310 g/mol. The lowest BCUT2D eigenvalue weighted by molar-refractivity contribution is 0.415. The summed E-state index contributed by atoms with van der Waals surface area (Å²) in [7, 11) is 5.52. The van der Waals surface area contributed by atoms with Gasteiger partial charge >= 0.3 is 0 Å². The smallest absolute Gasteiger partial charge is 0.274 e. The fourth-order valence-electron chi connectivity index (χ4n) is 6.87. The summed E-state index contributed by atoms with van der Waals surface area (Å²) >= 11 is 23.8. The third-order valence-corrected chi connectivity index (χ3v) is 16.3.